The van der Waals surface area contributed by atoms with Crippen molar-refractivity contribution in [3.63, 3.8) is 0 Å². The summed E-state index contributed by atoms with van der Waals surface area (Å²) in [5, 5.41) is 8.08. The van der Waals surface area contributed by atoms with Crippen LogP contribution < -0.4 is 10.6 Å². The fraction of sp³-hybridized carbons (Fsp3) is 0.429. The summed E-state index contributed by atoms with van der Waals surface area (Å²) in [5.74, 6) is 0.172. The summed E-state index contributed by atoms with van der Waals surface area (Å²) in [6.45, 7) is 4.14. The Balaban J connectivity index is 1.40. The molecule has 2 aromatic rings. The zero-order valence-corrected chi connectivity index (χ0v) is 18.4. The lowest BCUT2D eigenvalue weighted by molar-refractivity contribution is -0.127. The fourth-order valence-electron chi connectivity index (χ4n) is 3.40. The molecular weight excluding hydrogens is 438 g/mol. The van der Waals surface area contributed by atoms with E-state index in [2.05, 4.69) is 42.9 Å². The van der Waals surface area contributed by atoms with Crippen molar-refractivity contribution in [1.82, 2.24) is 10.2 Å². The molecule has 1 aliphatic rings. The van der Waals surface area contributed by atoms with E-state index in [0.717, 1.165) is 42.5 Å². The molecular formula is C21H26BrN3O2S. The third-order valence-electron chi connectivity index (χ3n) is 5.19. The van der Waals surface area contributed by atoms with Crippen LogP contribution >= 0.6 is 27.3 Å². The van der Waals surface area contributed by atoms with Crippen LogP contribution in [0.5, 0.6) is 0 Å². The van der Waals surface area contributed by atoms with Gasteiger partial charge in [-0.3, -0.25) is 14.5 Å². The van der Waals surface area contributed by atoms with Crippen molar-refractivity contribution >= 4 is 44.8 Å². The zero-order valence-electron chi connectivity index (χ0n) is 16.0. The first-order chi connectivity index (χ1) is 13.5. The standard InChI is InChI=1S/C21H26BrN3O2S/c1-15(20(26)24-18-6-4-17(22)5-7-18)25-12-9-16(10-13-25)21(27)23-11-8-19-3-2-14-28-19/h2-7,14-16H,8-13H2,1H3,(H,23,27)(H,24,26). The van der Waals surface area contributed by atoms with Gasteiger partial charge >= 0.3 is 0 Å². The van der Waals surface area contributed by atoms with Crippen LogP contribution in [-0.4, -0.2) is 42.4 Å². The molecule has 5 nitrogen and oxygen atoms in total. The lowest BCUT2D eigenvalue weighted by atomic mass is 9.95. The second kappa shape index (κ2) is 10.2. The molecule has 0 radical (unpaired) electrons. The topological polar surface area (TPSA) is 61.4 Å². The molecule has 150 valence electrons. The fourth-order valence-corrected chi connectivity index (χ4v) is 4.38. The van der Waals surface area contributed by atoms with Crippen LogP contribution in [0.25, 0.3) is 0 Å². The molecule has 0 spiro atoms. The van der Waals surface area contributed by atoms with E-state index in [1.165, 1.54) is 4.88 Å². The highest BCUT2D eigenvalue weighted by molar-refractivity contribution is 9.10. The number of nitrogens with one attached hydrogen (secondary N) is 2. The van der Waals surface area contributed by atoms with E-state index in [1.807, 2.05) is 37.3 Å². The first-order valence-electron chi connectivity index (χ1n) is 9.63. The van der Waals surface area contributed by atoms with Gasteiger partial charge in [0.1, 0.15) is 0 Å². The van der Waals surface area contributed by atoms with Crippen molar-refractivity contribution in [2.24, 2.45) is 5.92 Å². The summed E-state index contributed by atoms with van der Waals surface area (Å²) < 4.78 is 0.981. The average Bonchev–Trinajstić information content (AvgIpc) is 3.22. The van der Waals surface area contributed by atoms with Gasteiger partial charge in [0.05, 0.1) is 6.04 Å². The normalized spacial score (nSPS) is 16.5. The van der Waals surface area contributed by atoms with Crippen LogP contribution in [0, 0.1) is 5.92 Å². The number of benzene rings is 1. The minimum Gasteiger partial charge on any atom is -0.355 e. The summed E-state index contributed by atoms with van der Waals surface area (Å²) in [7, 11) is 0. The Morgan fingerprint density at radius 1 is 1.21 bits per heavy atom. The number of amides is 2. The van der Waals surface area contributed by atoms with E-state index in [4.69, 9.17) is 0 Å². The molecule has 3 rings (SSSR count). The van der Waals surface area contributed by atoms with Crippen molar-refractivity contribution < 1.29 is 9.59 Å². The average molecular weight is 464 g/mol. The lowest BCUT2D eigenvalue weighted by Crippen LogP contribution is -2.48. The number of hydrogen-bond acceptors (Lipinski definition) is 4. The Morgan fingerprint density at radius 2 is 1.93 bits per heavy atom. The van der Waals surface area contributed by atoms with Crippen LogP contribution in [0.3, 0.4) is 0 Å². The number of nitrogens with zero attached hydrogens (tertiary/aromatic N) is 1. The van der Waals surface area contributed by atoms with E-state index in [1.54, 1.807) is 11.3 Å². The molecule has 0 aliphatic carbocycles. The quantitative estimate of drug-likeness (QED) is 0.654. The van der Waals surface area contributed by atoms with Crippen molar-refractivity contribution in [2.45, 2.75) is 32.2 Å². The highest BCUT2D eigenvalue weighted by Gasteiger charge is 2.29. The van der Waals surface area contributed by atoms with E-state index in [0.29, 0.717) is 6.54 Å². The molecule has 28 heavy (non-hydrogen) atoms. The SMILES string of the molecule is CC(C(=O)Nc1ccc(Br)cc1)N1CCC(C(=O)NCCc2cccs2)CC1. The van der Waals surface area contributed by atoms with Gasteiger partial charge < -0.3 is 10.6 Å². The summed E-state index contributed by atoms with van der Waals surface area (Å²) in [4.78, 5) is 28.4. The molecule has 2 amide bonds. The Morgan fingerprint density at radius 3 is 2.57 bits per heavy atom. The largest absolute Gasteiger partial charge is 0.355 e. The summed E-state index contributed by atoms with van der Waals surface area (Å²) in [5.41, 5.74) is 0.792. The summed E-state index contributed by atoms with van der Waals surface area (Å²) >= 11 is 5.11. The van der Waals surface area contributed by atoms with Crippen molar-refractivity contribution in [2.75, 3.05) is 25.0 Å². The molecule has 1 aliphatic heterocycles. The molecule has 2 N–H and O–H groups in total. The van der Waals surface area contributed by atoms with E-state index < -0.39 is 0 Å². The van der Waals surface area contributed by atoms with Gasteiger partial charge in [-0.2, -0.15) is 0 Å². The monoisotopic (exact) mass is 463 g/mol. The smallest absolute Gasteiger partial charge is 0.241 e. The second-order valence-electron chi connectivity index (χ2n) is 7.10. The van der Waals surface area contributed by atoms with Gasteiger partial charge in [0.15, 0.2) is 0 Å². The van der Waals surface area contributed by atoms with E-state index >= 15 is 0 Å². The highest BCUT2D eigenvalue weighted by atomic mass is 79.9. The maximum absolute atomic E-state index is 12.5. The number of carbonyl (C=O) groups excluding carboxylic acids is 2. The third-order valence-corrected chi connectivity index (χ3v) is 6.65. The Bertz CT molecular complexity index is 771. The third kappa shape index (κ3) is 5.90. The number of thiophene rings is 1. The molecule has 7 heteroatoms. The van der Waals surface area contributed by atoms with Crippen molar-refractivity contribution in [3.05, 3.63) is 51.1 Å². The molecule has 1 aromatic heterocycles. The van der Waals surface area contributed by atoms with Crippen molar-refractivity contribution in [3.8, 4) is 0 Å². The highest BCUT2D eigenvalue weighted by Crippen LogP contribution is 2.20. The van der Waals surface area contributed by atoms with Gasteiger partial charge in [0.2, 0.25) is 11.8 Å². The van der Waals surface area contributed by atoms with Crippen LogP contribution in [0.4, 0.5) is 5.69 Å². The molecule has 0 bridgehead atoms. The number of likely N-dealkylation sites (tertiary alicyclic amines) is 1. The van der Waals surface area contributed by atoms with Gasteiger partial charge in [-0.25, -0.2) is 0 Å². The number of piperidine rings is 1. The Hall–Kier alpha value is -1.70. The second-order valence-corrected chi connectivity index (χ2v) is 9.05. The first kappa shape index (κ1) is 21.0. The number of hydrogen-bond donors (Lipinski definition) is 2. The molecule has 1 saturated heterocycles. The molecule has 0 saturated carbocycles. The Labute approximate surface area is 178 Å². The van der Waals surface area contributed by atoms with Gasteiger partial charge in [-0.15, -0.1) is 11.3 Å². The predicted molar refractivity (Wildman–Crippen MR) is 118 cm³/mol. The summed E-state index contributed by atoms with van der Waals surface area (Å²) in [6, 6.07) is 11.5. The predicted octanol–water partition coefficient (Wildman–Crippen LogP) is 3.91. The van der Waals surface area contributed by atoms with Gasteiger partial charge in [-0.1, -0.05) is 22.0 Å². The Kier molecular flexibility index (Phi) is 7.65. The van der Waals surface area contributed by atoms with Crippen LogP contribution in [-0.2, 0) is 16.0 Å². The maximum atomic E-state index is 12.5. The van der Waals surface area contributed by atoms with E-state index in [-0.39, 0.29) is 23.8 Å². The number of halogens is 1. The molecule has 1 unspecified atom stereocenters. The van der Waals surface area contributed by atoms with Crippen molar-refractivity contribution in [1.29, 1.82) is 0 Å². The zero-order chi connectivity index (χ0) is 19.9. The maximum Gasteiger partial charge on any atom is 0.241 e. The molecule has 2 heterocycles. The molecule has 1 atom stereocenters. The minimum absolute atomic E-state index is 0.0128. The minimum atomic E-state index is -0.216. The van der Waals surface area contributed by atoms with Gasteiger partial charge in [-0.05, 0) is 75.0 Å². The number of rotatable bonds is 7. The molecule has 1 fully saturated rings. The summed E-state index contributed by atoms with van der Waals surface area (Å²) in [6.07, 6.45) is 2.47. The van der Waals surface area contributed by atoms with Gasteiger partial charge in [0.25, 0.3) is 0 Å². The number of anilines is 1. The van der Waals surface area contributed by atoms with E-state index in [9.17, 15) is 9.59 Å². The first-order valence-corrected chi connectivity index (χ1v) is 11.3. The van der Waals surface area contributed by atoms with Crippen LogP contribution in [0.15, 0.2) is 46.3 Å². The van der Waals surface area contributed by atoms with Gasteiger partial charge in [0, 0.05) is 27.5 Å². The van der Waals surface area contributed by atoms with Crippen LogP contribution in [0.2, 0.25) is 0 Å². The number of carbonyl (C=O) groups is 2. The van der Waals surface area contributed by atoms with Crippen LogP contribution in [0.1, 0.15) is 24.6 Å². The molecule has 1 aromatic carbocycles. The lowest BCUT2D eigenvalue weighted by Gasteiger charge is -2.34.